The molecule has 0 spiro atoms. The van der Waals surface area contributed by atoms with Gasteiger partial charge in [-0.3, -0.25) is 9.69 Å². The van der Waals surface area contributed by atoms with E-state index >= 15 is 0 Å². The van der Waals surface area contributed by atoms with Gasteiger partial charge in [0.25, 0.3) is 5.91 Å². The third kappa shape index (κ3) is 4.72. The fraction of sp³-hybridized carbons (Fsp3) is 0.500. The summed E-state index contributed by atoms with van der Waals surface area (Å²) >= 11 is 0. The monoisotopic (exact) mass is 303 g/mol. The molecule has 1 saturated heterocycles. The molecule has 2 atom stereocenters. The van der Waals surface area contributed by atoms with Crippen molar-refractivity contribution in [3.63, 3.8) is 0 Å². The molecule has 1 aliphatic heterocycles. The first-order valence-electron chi connectivity index (χ1n) is 7.40. The van der Waals surface area contributed by atoms with Gasteiger partial charge in [-0.05, 0) is 26.0 Å². The first kappa shape index (κ1) is 16.3. The summed E-state index contributed by atoms with van der Waals surface area (Å²) in [5, 5.41) is 11.8. The summed E-state index contributed by atoms with van der Waals surface area (Å²) in [5.41, 5.74) is 0.0404. The van der Waals surface area contributed by atoms with Gasteiger partial charge < -0.3 is 14.5 Å². The number of rotatable bonds is 5. The largest absolute Gasteiger partial charge is 0.465 e. The summed E-state index contributed by atoms with van der Waals surface area (Å²) in [6.07, 6.45) is 3.34. The Morgan fingerprint density at radius 1 is 1.50 bits per heavy atom. The van der Waals surface area contributed by atoms with E-state index in [4.69, 9.17) is 14.4 Å². The third-order valence-corrected chi connectivity index (χ3v) is 3.40. The lowest BCUT2D eigenvalue weighted by Gasteiger charge is -2.35. The van der Waals surface area contributed by atoms with Crippen molar-refractivity contribution in [1.82, 2.24) is 10.2 Å². The van der Waals surface area contributed by atoms with Gasteiger partial charge in [0, 0.05) is 32.3 Å². The van der Waals surface area contributed by atoms with E-state index in [0.717, 1.165) is 19.6 Å². The fourth-order valence-electron chi connectivity index (χ4n) is 2.55. The zero-order chi connectivity index (χ0) is 15.9. The highest BCUT2D eigenvalue weighted by atomic mass is 16.5. The molecule has 1 N–H and O–H groups in total. The molecule has 0 bridgehead atoms. The van der Waals surface area contributed by atoms with Crippen molar-refractivity contribution >= 4 is 12.0 Å². The van der Waals surface area contributed by atoms with Gasteiger partial charge >= 0.3 is 0 Å². The van der Waals surface area contributed by atoms with E-state index in [2.05, 4.69) is 10.2 Å². The Morgan fingerprint density at radius 3 is 2.82 bits per heavy atom. The molecular formula is C16H21N3O3. The van der Waals surface area contributed by atoms with E-state index in [0.29, 0.717) is 12.3 Å². The van der Waals surface area contributed by atoms with Crippen LogP contribution < -0.4 is 5.32 Å². The van der Waals surface area contributed by atoms with Gasteiger partial charge in [-0.25, -0.2) is 0 Å². The molecule has 1 aromatic rings. The van der Waals surface area contributed by atoms with Crippen LogP contribution in [0, 0.1) is 11.3 Å². The number of nitriles is 1. The number of nitrogens with one attached hydrogen (secondary N) is 1. The van der Waals surface area contributed by atoms with Crippen LogP contribution in [0.2, 0.25) is 0 Å². The third-order valence-electron chi connectivity index (χ3n) is 3.40. The molecule has 118 valence electrons. The normalized spacial score (nSPS) is 23.0. The molecule has 0 aromatic carbocycles. The lowest BCUT2D eigenvalue weighted by molar-refractivity contribution is -0.117. The van der Waals surface area contributed by atoms with Crippen LogP contribution in [0.1, 0.15) is 19.6 Å². The molecule has 6 nitrogen and oxygen atoms in total. The maximum absolute atomic E-state index is 12.0. The number of amides is 1. The number of hydrogen-bond acceptors (Lipinski definition) is 5. The number of morpholine rings is 1. The maximum Gasteiger partial charge on any atom is 0.262 e. The molecule has 0 saturated carbocycles. The second-order valence-corrected chi connectivity index (χ2v) is 5.46. The molecule has 2 rings (SSSR count). The van der Waals surface area contributed by atoms with Crippen LogP contribution >= 0.6 is 0 Å². The predicted octanol–water partition coefficient (Wildman–Crippen LogP) is 1.41. The fourth-order valence-corrected chi connectivity index (χ4v) is 2.55. The van der Waals surface area contributed by atoms with Crippen LogP contribution in [0.5, 0.6) is 0 Å². The lowest BCUT2D eigenvalue weighted by atomic mass is 10.2. The molecular weight excluding hydrogens is 282 g/mol. The number of ether oxygens (including phenoxy) is 1. The van der Waals surface area contributed by atoms with Crippen molar-refractivity contribution in [2.75, 3.05) is 26.2 Å². The summed E-state index contributed by atoms with van der Waals surface area (Å²) in [4.78, 5) is 14.2. The maximum atomic E-state index is 12.0. The van der Waals surface area contributed by atoms with Gasteiger partial charge in [0.15, 0.2) is 0 Å². The van der Waals surface area contributed by atoms with Gasteiger partial charge in [-0.15, -0.1) is 0 Å². The summed E-state index contributed by atoms with van der Waals surface area (Å²) < 4.78 is 10.8. The predicted molar refractivity (Wildman–Crippen MR) is 81.8 cm³/mol. The summed E-state index contributed by atoms with van der Waals surface area (Å²) in [5.74, 6) is 0.107. The van der Waals surface area contributed by atoms with Crippen LogP contribution in [0.15, 0.2) is 28.4 Å². The van der Waals surface area contributed by atoms with Gasteiger partial charge in [0.05, 0.1) is 18.5 Å². The van der Waals surface area contributed by atoms with Crippen molar-refractivity contribution in [1.29, 1.82) is 5.26 Å². The average Bonchev–Trinajstić information content (AvgIpc) is 2.96. The van der Waals surface area contributed by atoms with Crippen LogP contribution in [0.4, 0.5) is 0 Å². The van der Waals surface area contributed by atoms with Gasteiger partial charge in [-0.1, -0.05) is 0 Å². The molecule has 1 fully saturated rings. The number of nitrogens with zero attached hydrogens (tertiary/aromatic N) is 2. The van der Waals surface area contributed by atoms with Crippen molar-refractivity contribution < 1.29 is 13.9 Å². The molecule has 22 heavy (non-hydrogen) atoms. The highest BCUT2D eigenvalue weighted by Crippen LogP contribution is 2.10. The Bertz CT molecular complexity index is 550. The van der Waals surface area contributed by atoms with Crippen molar-refractivity contribution in [2.24, 2.45) is 0 Å². The molecule has 6 heteroatoms. The minimum absolute atomic E-state index is 0.0404. The minimum Gasteiger partial charge on any atom is -0.465 e. The van der Waals surface area contributed by atoms with Crippen LogP contribution in [0.3, 0.4) is 0 Å². The molecule has 0 radical (unpaired) electrons. The lowest BCUT2D eigenvalue weighted by Crippen LogP contribution is -2.47. The van der Waals surface area contributed by atoms with Crippen LogP contribution in [0.25, 0.3) is 6.08 Å². The van der Waals surface area contributed by atoms with Crippen molar-refractivity contribution in [3.8, 4) is 6.07 Å². The highest BCUT2D eigenvalue weighted by molar-refractivity contribution is 6.01. The number of carbonyl (C=O) groups is 1. The van der Waals surface area contributed by atoms with Gasteiger partial charge in [-0.2, -0.15) is 5.26 Å². The standard InChI is InChI=1S/C16H21N3O3/c1-12-10-19(11-13(2)22-12)6-5-18-16(20)14(9-17)8-15-4-3-7-21-15/h3-4,7-8,12-13H,5-6,10-11H2,1-2H3,(H,18,20). The van der Waals surface area contributed by atoms with Crippen molar-refractivity contribution in [2.45, 2.75) is 26.1 Å². The van der Waals surface area contributed by atoms with E-state index in [1.54, 1.807) is 12.1 Å². The molecule has 2 heterocycles. The van der Waals surface area contributed by atoms with E-state index in [1.807, 2.05) is 19.9 Å². The second kappa shape index (κ2) is 7.78. The van der Waals surface area contributed by atoms with Crippen molar-refractivity contribution in [3.05, 3.63) is 29.7 Å². The number of carbonyl (C=O) groups excluding carboxylic acids is 1. The minimum atomic E-state index is -0.381. The second-order valence-electron chi connectivity index (χ2n) is 5.46. The zero-order valence-electron chi connectivity index (χ0n) is 12.9. The Labute approximate surface area is 130 Å². The quantitative estimate of drug-likeness (QED) is 0.657. The molecule has 0 aliphatic carbocycles. The average molecular weight is 303 g/mol. The van der Waals surface area contributed by atoms with E-state index in [-0.39, 0.29) is 23.7 Å². The Hall–Kier alpha value is -2.10. The molecule has 1 amide bonds. The number of hydrogen-bond donors (Lipinski definition) is 1. The molecule has 2 unspecified atom stereocenters. The smallest absolute Gasteiger partial charge is 0.262 e. The summed E-state index contributed by atoms with van der Waals surface area (Å²) in [7, 11) is 0. The number of furan rings is 1. The van der Waals surface area contributed by atoms with E-state index in [9.17, 15) is 4.79 Å². The Kier molecular flexibility index (Phi) is 5.75. The van der Waals surface area contributed by atoms with Crippen LogP contribution in [-0.4, -0.2) is 49.2 Å². The van der Waals surface area contributed by atoms with Gasteiger partial charge in [0.1, 0.15) is 17.4 Å². The first-order valence-corrected chi connectivity index (χ1v) is 7.40. The van der Waals surface area contributed by atoms with E-state index < -0.39 is 0 Å². The van der Waals surface area contributed by atoms with E-state index in [1.165, 1.54) is 12.3 Å². The highest BCUT2D eigenvalue weighted by Gasteiger charge is 2.21. The molecule has 1 aliphatic rings. The topological polar surface area (TPSA) is 78.5 Å². The van der Waals surface area contributed by atoms with Gasteiger partial charge in [0.2, 0.25) is 0 Å². The summed E-state index contributed by atoms with van der Waals surface area (Å²) in [6.45, 7) is 7.03. The Morgan fingerprint density at radius 2 is 2.23 bits per heavy atom. The SMILES string of the molecule is CC1CN(CCNC(=O)C(C#N)=Cc2ccco2)CC(C)O1. The Balaban J connectivity index is 1.81. The molecule has 1 aromatic heterocycles. The zero-order valence-corrected chi connectivity index (χ0v) is 12.9. The summed E-state index contributed by atoms with van der Waals surface area (Å²) in [6, 6.07) is 5.30. The van der Waals surface area contributed by atoms with Crippen LogP contribution in [-0.2, 0) is 9.53 Å². The first-order chi connectivity index (χ1) is 10.6.